The molecule has 0 aliphatic heterocycles. The number of hydrogen-bond donors (Lipinski definition) is 0. The van der Waals surface area contributed by atoms with E-state index in [0.717, 1.165) is 0 Å². The van der Waals surface area contributed by atoms with E-state index in [-0.39, 0.29) is 11.7 Å². The minimum Gasteiger partial charge on any atom is -0.338 e. The van der Waals surface area contributed by atoms with E-state index in [1.807, 2.05) is 0 Å². The van der Waals surface area contributed by atoms with Gasteiger partial charge in [0.05, 0.1) is 18.9 Å². The molecule has 9 heteroatoms. The molecule has 2 heterocycles. The molecule has 0 spiro atoms. The van der Waals surface area contributed by atoms with E-state index in [9.17, 15) is 18.0 Å². The summed E-state index contributed by atoms with van der Waals surface area (Å²) in [5, 5.41) is 3.49. The van der Waals surface area contributed by atoms with Crippen LogP contribution in [0.25, 0.3) is 11.5 Å². The molecule has 0 aliphatic carbocycles. The van der Waals surface area contributed by atoms with E-state index in [1.165, 1.54) is 12.5 Å². The highest BCUT2D eigenvalue weighted by Gasteiger charge is 2.39. The minimum atomic E-state index is -4.90. The Kier molecular flexibility index (Phi) is 2.89. The van der Waals surface area contributed by atoms with E-state index < -0.39 is 18.4 Å². The van der Waals surface area contributed by atoms with Gasteiger partial charge in [0.1, 0.15) is 5.69 Å². The minimum absolute atomic E-state index is 0.0833. The number of carbonyl (C=O) groups excluding carboxylic acids is 1. The summed E-state index contributed by atoms with van der Waals surface area (Å²) in [5.74, 6) is -2.23. The summed E-state index contributed by atoms with van der Waals surface area (Å²) in [7, 11) is 1.67. The Morgan fingerprint density at radius 3 is 2.78 bits per heavy atom. The van der Waals surface area contributed by atoms with E-state index in [2.05, 4.69) is 19.6 Å². The standard InChI is InChI=1S/C9H7F3N4O2/c1-16-4-13-3-5(16)8-14-7(18-15-8)2-6(17)9(10,11)12/h3-4H,2H2,1H3. The monoisotopic (exact) mass is 260 g/mol. The fourth-order valence-electron chi connectivity index (χ4n) is 1.24. The molecule has 2 rings (SSSR count). The molecule has 0 radical (unpaired) electrons. The summed E-state index contributed by atoms with van der Waals surface area (Å²) < 4.78 is 42.2. The van der Waals surface area contributed by atoms with Gasteiger partial charge >= 0.3 is 6.18 Å². The molecule has 0 N–H and O–H groups in total. The first-order valence-electron chi connectivity index (χ1n) is 4.77. The van der Waals surface area contributed by atoms with Crippen LogP contribution in [-0.4, -0.2) is 31.7 Å². The summed E-state index contributed by atoms with van der Waals surface area (Å²) >= 11 is 0. The molecule has 0 fully saturated rings. The van der Waals surface area contributed by atoms with Gasteiger partial charge in [-0.1, -0.05) is 5.16 Å². The van der Waals surface area contributed by atoms with Gasteiger partial charge in [0.2, 0.25) is 17.5 Å². The Bertz CT molecular complexity index is 572. The van der Waals surface area contributed by atoms with Crippen LogP contribution in [0, 0.1) is 0 Å². The lowest BCUT2D eigenvalue weighted by Gasteiger charge is -2.00. The van der Waals surface area contributed by atoms with E-state index >= 15 is 0 Å². The van der Waals surface area contributed by atoms with Crippen LogP contribution in [0.4, 0.5) is 13.2 Å². The lowest BCUT2D eigenvalue weighted by Crippen LogP contribution is -2.24. The van der Waals surface area contributed by atoms with Gasteiger partial charge in [-0.3, -0.25) is 4.79 Å². The van der Waals surface area contributed by atoms with Gasteiger partial charge in [-0.2, -0.15) is 18.2 Å². The Balaban J connectivity index is 2.17. The van der Waals surface area contributed by atoms with E-state index in [0.29, 0.717) is 5.69 Å². The third kappa shape index (κ3) is 2.39. The topological polar surface area (TPSA) is 73.8 Å². The van der Waals surface area contributed by atoms with Gasteiger partial charge in [0.25, 0.3) is 0 Å². The molecule has 18 heavy (non-hydrogen) atoms. The number of aromatic nitrogens is 4. The highest BCUT2D eigenvalue weighted by molar-refractivity contribution is 5.85. The predicted molar refractivity (Wildman–Crippen MR) is 51.3 cm³/mol. The van der Waals surface area contributed by atoms with Gasteiger partial charge in [-0.25, -0.2) is 4.98 Å². The van der Waals surface area contributed by atoms with Crippen LogP contribution in [0.15, 0.2) is 17.0 Å². The first-order chi connectivity index (χ1) is 8.38. The highest BCUT2D eigenvalue weighted by atomic mass is 19.4. The van der Waals surface area contributed by atoms with Crippen molar-refractivity contribution in [2.45, 2.75) is 12.6 Å². The van der Waals surface area contributed by atoms with Crippen molar-refractivity contribution in [1.82, 2.24) is 19.7 Å². The molecule has 0 unspecified atom stereocenters. The van der Waals surface area contributed by atoms with Gasteiger partial charge in [0, 0.05) is 7.05 Å². The number of Topliss-reactive ketones (excluding diaryl/α,β-unsaturated/α-hetero) is 1. The molecular weight excluding hydrogens is 253 g/mol. The fourth-order valence-corrected chi connectivity index (χ4v) is 1.24. The number of imidazole rings is 1. The normalized spacial score (nSPS) is 11.8. The highest BCUT2D eigenvalue weighted by Crippen LogP contribution is 2.19. The maximum atomic E-state index is 12.0. The zero-order valence-corrected chi connectivity index (χ0v) is 9.10. The Morgan fingerprint density at radius 1 is 1.50 bits per heavy atom. The lowest BCUT2D eigenvalue weighted by molar-refractivity contribution is -0.170. The van der Waals surface area contributed by atoms with E-state index in [4.69, 9.17) is 0 Å². The first-order valence-corrected chi connectivity index (χ1v) is 4.77. The molecule has 6 nitrogen and oxygen atoms in total. The van der Waals surface area contributed by atoms with Gasteiger partial charge in [-0.05, 0) is 0 Å². The maximum Gasteiger partial charge on any atom is 0.450 e. The average Bonchev–Trinajstić information content (AvgIpc) is 2.85. The van der Waals surface area contributed by atoms with Crippen molar-refractivity contribution in [1.29, 1.82) is 0 Å². The number of aryl methyl sites for hydroxylation is 1. The fraction of sp³-hybridized carbons (Fsp3) is 0.333. The molecule has 0 bridgehead atoms. The third-order valence-corrected chi connectivity index (χ3v) is 2.14. The number of carbonyl (C=O) groups is 1. The predicted octanol–water partition coefficient (Wildman–Crippen LogP) is 1.14. The Morgan fingerprint density at radius 2 is 2.22 bits per heavy atom. The van der Waals surface area contributed by atoms with Gasteiger partial charge < -0.3 is 9.09 Å². The van der Waals surface area contributed by atoms with Crippen molar-refractivity contribution >= 4 is 5.78 Å². The number of hydrogen-bond acceptors (Lipinski definition) is 5. The van der Waals surface area contributed by atoms with Crippen LogP contribution in [0.5, 0.6) is 0 Å². The van der Waals surface area contributed by atoms with Crippen molar-refractivity contribution in [3.05, 3.63) is 18.4 Å². The molecule has 0 atom stereocenters. The Hall–Kier alpha value is -2.19. The van der Waals surface area contributed by atoms with Crippen LogP contribution in [0.2, 0.25) is 0 Å². The second-order valence-corrected chi connectivity index (χ2v) is 3.50. The average molecular weight is 260 g/mol. The number of rotatable bonds is 3. The Labute approximate surface area is 98.4 Å². The summed E-state index contributed by atoms with van der Waals surface area (Å²) in [6, 6.07) is 0. The number of nitrogens with zero attached hydrogens (tertiary/aromatic N) is 4. The number of ketones is 1. The van der Waals surface area contributed by atoms with Crippen LogP contribution in [0.1, 0.15) is 5.89 Å². The zero-order valence-electron chi connectivity index (χ0n) is 9.10. The summed E-state index contributed by atoms with van der Waals surface area (Å²) in [4.78, 5) is 18.2. The summed E-state index contributed by atoms with van der Waals surface area (Å²) in [6.45, 7) is 0. The molecular formula is C9H7F3N4O2. The van der Waals surface area contributed by atoms with Crippen molar-refractivity contribution in [3.8, 4) is 11.5 Å². The van der Waals surface area contributed by atoms with Gasteiger partial charge in [-0.15, -0.1) is 0 Å². The molecule has 0 saturated carbocycles. The second-order valence-electron chi connectivity index (χ2n) is 3.50. The molecule has 2 aromatic heterocycles. The number of alkyl halides is 3. The van der Waals surface area contributed by atoms with Gasteiger partial charge in [0.15, 0.2) is 0 Å². The van der Waals surface area contributed by atoms with Crippen molar-refractivity contribution in [2.75, 3.05) is 0 Å². The van der Waals surface area contributed by atoms with Crippen molar-refractivity contribution < 1.29 is 22.5 Å². The van der Waals surface area contributed by atoms with Crippen molar-refractivity contribution in [3.63, 3.8) is 0 Å². The third-order valence-electron chi connectivity index (χ3n) is 2.14. The SMILES string of the molecule is Cn1cncc1-c1noc(CC(=O)C(F)(F)F)n1. The second kappa shape index (κ2) is 4.24. The van der Waals surface area contributed by atoms with E-state index in [1.54, 1.807) is 11.6 Å². The molecule has 0 amide bonds. The van der Waals surface area contributed by atoms with Crippen LogP contribution in [0.3, 0.4) is 0 Å². The number of halogens is 3. The lowest BCUT2D eigenvalue weighted by atomic mass is 10.3. The molecule has 0 saturated heterocycles. The van der Waals surface area contributed by atoms with Crippen LogP contribution >= 0.6 is 0 Å². The zero-order chi connectivity index (χ0) is 13.3. The quantitative estimate of drug-likeness (QED) is 0.827. The van der Waals surface area contributed by atoms with Crippen LogP contribution < -0.4 is 0 Å². The summed E-state index contributed by atoms with van der Waals surface area (Å²) in [6.07, 6.45) is -2.96. The molecule has 0 aromatic carbocycles. The van der Waals surface area contributed by atoms with Crippen molar-refractivity contribution in [2.24, 2.45) is 7.05 Å². The smallest absolute Gasteiger partial charge is 0.338 e. The van der Waals surface area contributed by atoms with Crippen LogP contribution in [-0.2, 0) is 18.3 Å². The largest absolute Gasteiger partial charge is 0.450 e. The summed E-state index contributed by atoms with van der Waals surface area (Å²) in [5.41, 5.74) is 0.476. The molecule has 0 aliphatic rings. The molecule has 2 aromatic rings. The molecule has 96 valence electrons. The maximum absolute atomic E-state index is 12.0. The first kappa shape index (κ1) is 12.3.